The van der Waals surface area contributed by atoms with E-state index in [1.54, 1.807) is 39.8 Å². The van der Waals surface area contributed by atoms with Crippen molar-refractivity contribution in [2.75, 3.05) is 39.3 Å². The summed E-state index contributed by atoms with van der Waals surface area (Å²) in [5.74, 6) is -7.05. The van der Waals surface area contributed by atoms with Crippen LogP contribution in [0.4, 0.5) is 0 Å². The van der Waals surface area contributed by atoms with Crippen molar-refractivity contribution in [3.63, 3.8) is 0 Å². The van der Waals surface area contributed by atoms with Crippen LogP contribution < -0.4 is 0 Å². The zero-order valence-electron chi connectivity index (χ0n) is 25.1. The maximum atomic E-state index is 12.6. The van der Waals surface area contributed by atoms with Crippen LogP contribution >= 0.6 is 0 Å². The Bertz CT molecular complexity index is 1030. The predicted molar refractivity (Wildman–Crippen MR) is 155 cm³/mol. The lowest BCUT2D eigenvalue weighted by atomic mass is 9.97. The van der Waals surface area contributed by atoms with E-state index in [-0.39, 0.29) is 38.3 Å². The Morgan fingerprint density at radius 2 is 1.00 bits per heavy atom. The summed E-state index contributed by atoms with van der Waals surface area (Å²) in [5.41, 5.74) is 0.561. The van der Waals surface area contributed by atoms with Crippen molar-refractivity contribution in [3.8, 4) is 5.75 Å². The van der Waals surface area contributed by atoms with Gasteiger partial charge in [0, 0.05) is 26.2 Å². The molecule has 4 unspecified atom stereocenters. The number of carbonyl (C=O) groups is 5. The van der Waals surface area contributed by atoms with Crippen molar-refractivity contribution in [2.24, 2.45) is 11.8 Å². The Morgan fingerprint density at radius 1 is 0.628 bits per heavy atom. The first-order chi connectivity index (χ1) is 20.1. The van der Waals surface area contributed by atoms with Gasteiger partial charge in [-0.05, 0) is 36.0 Å². The van der Waals surface area contributed by atoms with Gasteiger partial charge in [-0.3, -0.25) is 38.7 Å². The van der Waals surface area contributed by atoms with Gasteiger partial charge in [-0.1, -0.05) is 52.7 Å². The molecule has 14 heteroatoms. The van der Waals surface area contributed by atoms with Gasteiger partial charge in [-0.2, -0.15) is 0 Å². The van der Waals surface area contributed by atoms with Crippen LogP contribution in [-0.4, -0.2) is 133 Å². The van der Waals surface area contributed by atoms with Crippen molar-refractivity contribution < 1.29 is 54.6 Å². The van der Waals surface area contributed by atoms with Crippen molar-refractivity contribution in [1.82, 2.24) is 14.7 Å². The van der Waals surface area contributed by atoms with E-state index in [1.807, 2.05) is 0 Å². The second kappa shape index (κ2) is 18.0. The normalized spacial score (nSPS) is 15.1. The number of carboxylic acids is 5. The highest BCUT2D eigenvalue weighted by Crippen LogP contribution is 2.19. The van der Waals surface area contributed by atoms with E-state index in [0.29, 0.717) is 18.4 Å². The molecule has 5 atom stereocenters. The summed E-state index contributed by atoms with van der Waals surface area (Å²) in [4.78, 5) is 64.2. The Labute approximate surface area is 251 Å². The minimum Gasteiger partial charge on any atom is -0.508 e. The zero-order valence-corrected chi connectivity index (χ0v) is 25.1. The van der Waals surface area contributed by atoms with Crippen molar-refractivity contribution in [3.05, 3.63) is 29.8 Å². The molecule has 0 radical (unpaired) electrons. The topological polar surface area (TPSA) is 216 Å². The molecule has 1 aromatic carbocycles. The highest BCUT2D eigenvalue weighted by atomic mass is 16.4. The summed E-state index contributed by atoms with van der Waals surface area (Å²) < 4.78 is 0. The monoisotopic (exact) mass is 611 g/mol. The number of rotatable bonds is 22. The number of hydrogen-bond acceptors (Lipinski definition) is 9. The lowest BCUT2D eigenvalue weighted by molar-refractivity contribution is -0.150. The van der Waals surface area contributed by atoms with Gasteiger partial charge in [-0.15, -0.1) is 0 Å². The van der Waals surface area contributed by atoms with Crippen LogP contribution in [0.1, 0.15) is 46.1 Å². The molecule has 0 heterocycles. The molecule has 0 fully saturated rings. The third kappa shape index (κ3) is 12.2. The number of benzene rings is 1. The van der Waals surface area contributed by atoms with Crippen molar-refractivity contribution in [2.45, 2.75) is 65.1 Å². The number of carboxylic acid groups (broad SMARTS) is 5. The highest BCUT2D eigenvalue weighted by Gasteiger charge is 2.35. The molecule has 0 amide bonds. The SMILES string of the molecule is CCC(C)C(C(=O)O)N(CCN(CCN(CC(=O)O)C(C(=O)O)[C@@H](C)CC)C(Cc1ccc(O)cc1)C(=O)O)CC(=O)O. The first-order valence-corrected chi connectivity index (χ1v) is 14.2. The summed E-state index contributed by atoms with van der Waals surface area (Å²) in [6, 6.07) is 2.35. The maximum absolute atomic E-state index is 12.6. The van der Waals surface area contributed by atoms with E-state index in [1.165, 1.54) is 26.8 Å². The summed E-state index contributed by atoms with van der Waals surface area (Å²) in [6.45, 7) is 5.21. The standard InChI is InChI=1S/C29H45N3O11/c1-5-18(3)25(28(40)41)31(16-23(34)35)13-11-30(22(27(38)39)15-20-7-9-21(33)10-8-20)12-14-32(17-24(36)37)26(29(42)43)19(4)6-2/h7-10,18-19,22,25-26,33H,5-6,11-17H2,1-4H3,(H,34,35)(H,36,37)(H,38,39)(H,40,41)(H,42,43)/t18-,19?,22?,25?,26?/m0/s1. The number of aromatic hydroxyl groups is 1. The Morgan fingerprint density at radius 3 is 1.30 bits per heavy atom. The molecule has 0 saturated heterocycles. The average molecular weight is 612 g/mol. The van der Waals surface area contributed by atoms with Gasteiger partial charge in [0.05, 0.1) is 13.1 Å². The molecule has 0 saturated carbocycles. The fourth-order valence-electron chi connectivity index (χ4n) is 5.11. The molecule has 6 N–H and O–H groups in total. The second-order valence-electron chi connectivity index (χ2n) is 10.8. The van der Waals surface area contributed by atoms with Gasteiger partial charge in [0.2, 0.25) is 0 Å². The number of phenolic OH excluding ortho intramolecular Hbond substituents is 1. The largest absolute Gasteiger partial charge is 0.508 e. The van der Waals surface area contributed by atoms with E-state index in [0.717, 1.165) is 0 Å². The van der Waals surface area contributed by atoms with Crippen LogP contribution in [-0.2, 0) is 30.4 Å². The summed E-state index contributed by atoms with van der Waals surface area (Å²) >= 11 is 0. The van der Waals surface area contributed by atoms with Gasteiger partial charge in [-0.25, -0.2) is 0 Å². The van der Waals surface area contributed by atoms with Gasteiger partial charge in [0.1, 0.15) is 23.9 Å². The molecule has 43 heavy (non-hydrogen) atoms. The van der Waals surface area contributed by atoms with Gasteiger partial charge >= 0.3 is 29.8 Å². The number of phenols is 1. The minimum atomic E-state index is -1.26. The molecule has 0 bridgehead atoms. The molecular formula is C29H45N3O11. The molecule has 14 nitrogen and oxygen atoms in total. The summed E-state index contributed by atoms with van der Waals surface area (Å²) in [7, 11) is 0. The first kappa shape index (κ1) is 37.3. The average Bonchev–Trinajstić information content (AvgIpc) is 2.91. The van der Waals surface area contributed by atoms with E-state index in [9.17, 15) is 54.6 Å². The lowest BCUT2D eigenvalue weighted by Gasteiger charge is -2.37. The molecule has 0 aliphatic carbocycles. The number of aliphatic carboxylic acids is 5. The van der Waals surface area contributed by atoms with Crippen LogP contribution in [0.3, 0.4) is 0 Å². The van der Waals surface area contributed by atoms with Crippen LogP contribution in [0, 0.1) is 11.8 Å². The molecule has 0 aliphatic heterocycles. The van der Waals surface area contributed by atoms with E-state index in [4.69, 9.17) is 0 Å². The molecule has 0 spiro atoms. The third-order valence-corrected chi connectivity index (χ3v) is 7.78. The van der Waals surface area contributed by atoms with Crippen LogP contribution in [0.2, 0.25) is 0 Å². The Kier molecular flexibility index (Phi) is 15.6. The summed E-state index contributed by atoms with van der Waals surface area (Å²) in [6.07, 6.45) is 0.854. The molecule has 1 aromatic rings. The van der Waals surface area contributed by atoms with Gasteiger partial charge in [0.15, 0.2) is 0 Å². The number of hydrogen-bond donors (Lipinski definition) is 6. The minimum absolute atomic E-state index is 0.0179. The quantitative estimate of drug-likeness (QED) is 0.109. The summed E-state index contributed by atoms with van der Waals surface area (Å²) in [5, 5.41) is 58.7. The van der Waals surface area contributed by atoms with E-state index >= 15 is 0 Å². The van der Waals surface area contributed by atoms with Crippen LogP contribution in [0.5, 0.6) is 5.75 Å². The van der Waals surface area contributed by atoms with Crippen LogP contribution in [0.15, 0.2) is 24.3 Å². The smallest absolute Gasteiger partial charge is 0.321 e. The van der Waals surface area contributed by atoms with Gasteiger partial charge < -0.3 is 30.6 Å². The molecule has 0 aromatic heterocycles. The third-order valence-electron chi connectivity index (χ3n) is 7.78. The zero-order chi connectivity index (χ0) is 32.9. The lowest BCUT2D eigenvalue weighted by Crippen LogP contribution is -2.55. The predicted octanol–water partition coefficient (Wildman–Crippen LogP) is 1.46. The van der Waals surface area contributed by atoms with E-state index in [2.05, 4.69) is 0 Å². The molecule has 1 rings (SSSR count). The maximum Gasteiger partial charge on any atom is 0.321 e. The van der Waals surface area contributed by atoms with E-state index < -0.39 is 72.9 Å². The highest BCUT2D eigenvalue weighted by molar-refractivity contribution is 5.77. The van der Waals surface area contributed by atoms with Crippen molar-refractivity contribution in [1.29, 1.82) is 0 Å². The Hall–Kier alpha value is -3.75. The van der Waals surface area contributed by atoms with Crippen molar-refractivity contribution >= 4 is 29.8 Å². The molecule has 242 valence electrons. The van der Waals surface area contributed by atoms with Gasteiger partial charge in [0.25, 0.3) is 0 Å². The molecule has 0 aliphatic rings. The fourth-order valence-corrected chi connectivity index (χ4v) is 5.11. The second-order valence-corrected chi connectivity index (χ2v) is 10.8. The number of nitrogens with zero attached hydrogens (tertiary/aromatic N) is 3. The first-order valence-electron chi connectivity index (χ1n) is 14.2. The molecular weight excluding hydrogens is 566 g/mol. The fraction of sp³-hybridized carbons (Fsp3) is 0.621. The van der Waals surface area contributed by atoms with Crippen LogP contribution in [0.25, 0.3) is 0 Å². The Balaban J connectivity index is 3.49.